The second-order valence-corrected chi connectivity index (χ2v) is 3.79. The van der Waals surface area contributed by atoms with Crippen LogP contribution in [0.3, 0.4) is 0 Å². The maximum atomic E-state index is 4.04. The zero-order valence-corrected chi connectivity index (χ0v) is 9.88. The Balaban J connectivity index is 0.000000128. The number of hydrogen-bond acceptors (Lipinski definition) is 3. The highest BCUT2D eigenvalue weighted by Crippen LogP contribution is 2.03. The molecule has 0 saturated heterocycles. The molecule has 3 aromatic rings. The Morgan fingerprint density at radius 3 is 2.06 bits per heavy atom. The van der Waals surface area contributed by atoms with Gasteiger partial charge in [0, 0.05) is 11.9 Å². The van der Waals surface area contributed by atoms with Gasteiger partial charge in [-0.1, -0.05) is 12.1 Å². The Hall–Kier alpha value is -2.23. The summed E-state index contributed by atoms with van der Waals surface area (Å²) in [5.74, 6) is 0. The molecule has 3 rings (SSSR count). The van der Waals surface area contributed by atoms with E-state index in [0.29, 0.717) is 0 Å². The number of hydrogen-bond donors (Lipinski definition) is 1. The third-order valence-corrected chi connectivity index (χ3v) is 2.27. The van der Waals surface area contributed by atoms with E-state index >= 15 is 0 Å². The number of pyridine rings is 1. The minimum Gasteiger partial charge on any atom is -0.262 e. The van der Waals surface area contributed by atoms with E-state index in [4.69, 9.17) is 0 Å². The zero-order valence-electron chi connectivity index (χ0n) is 9.88. The quantitative estimate of drug-likeness (QED) is 0.641. The summed E-state index contributed by atoms with van der Waals surface area (Å²) < 4.78 is 0. The standard InChI is InChI=1S/C7H9N.C6H5N3/c1-6-3-4-8-7(2)5-6;1-2-4-6-5(3-1)7-9-8-6/h3-5H,1-2H3;1-4H,(H,7,8,9). The zero-order chi connectivity index (χ0) is 12.1. The van der Waals surface area contributed by atoms with Gasteiger partial charge in [-0.15, -0.1) is 0 Å². The van der Waals surface area contributed by atoms with Crippen molar-refractivity contribution < 1.29 is 0 Å². The average Bonchev–Trinajstić information content (AvgIpc) is 2.77. The van der Waals surface area contributed by atoms with Gasteiger partial charge in [0.25, 0.3) is 0 Å². The van der Waals surface area contributed by atoms with Crippen LogP contribution in [-0.4, -0.2) is 20.4 Å². The molecule has 1 N–H and O–H groups in total. The van der Waals surface area contributed by atoms with Crippen LogP contribution in [0.2, 0.25) is 0 Å². The first kappa shape index (κ1) is 11.3. The van der Waals surface area contributed by atoms with Crippen molar-refractivity contribution in [3.63, 3.8) is 0 Å². The molecule has 2 heterocycles. The highest BCUT2D eigenvalue weighted by atomic mass is 15.3. The maximum Gasteiger partial charge on any atom is 0.112 e. The normalized spacial score (nSPS) is 9.76. The molecule has 0 fully saturated rings. The molecule has 0 aliphatic carbocycles. The maximum absolute atomic E-state index is 4.04. The van der Waals surface area contributed by atoms with Crippen LogP contribution in [-0.2, 0) is 0 Å². The first-order chi connectivity index (χ1) is 8.25. The van der Waals surface area contributed by atoms with Crippen molar-refractivity contribution >= 4 is 11.0 Å². The van der Waals surface area contributed by atoms with Crippen LogP contribution in [0.4, 0.5) is 0 Å². The SMILES string of the molecule is Cc1ccnc(C)c1.c1ccc2n[nH]nc2c1. The van der Waals surface area contributed by atoms with Crippen molar-refractivity contribution in [1.82, 2.24) is 20.4 Å². The smallest absolute Gasteiger partial charge is 0.112 e. The van der Waals surface area contributed by atoms with Gasteiger partial charge in [-0.25, -0.2) is 0 Å². The fourth-order valence-electron chi connectivity index (χ4n) is 1.47. The lowest BCUT2D eigenvalue weighted by molar-refractivity contribution is 0.959. The van der Waals surface area contributed by atoms with Crippen LogP contribution in [0.5, 0.6) is 0 Å². The Labute approximate surface area is 99.7 Å². The third-order valence-electron chi connectivity index (χ3n) is 2.27. The lowest BCUT2D eigenvalue weighted by atomic mass is 10.3. The number of aryl methyl sites for hydroxylation is 2. The van der Waals surface area contributed by atoms with Crippen molar-refractivity contribution in [2.24, 2.45) is 0 Å². The molecule has 0 aliphatic rings. The summed E-state index contributed by atoms with van der Waals surface area (Å²) in [4.78, 5) is 4.04. The van der Waals surface area contributed by atoms with Crippen LogP contribution < -0.4 is 0 Å². The number of para-hydroxylation sites is 2. The number of nitrogens with one attached hydrogen (secondary N) is 1. The topological polar surface area (TPSA) is 54.5 Å². The molecule has 0 spiro atoms. The Kier molecular flexibility index (Phi) is 3.45. The van der Waals surface area contributed by atoms with Crippen LogP contribution in [0.25, 0.3) is 11.0 Å². The van der Waals surface area contributed by atoms with E-state index in [-0.39, 0.29) is 0 Å². The van der Waals surface area contributed by atoms with Gasteiger partial charge >= 0.3 is 0 Å². The molecule has 0 saturated carbocycles. The van der Waals surface area contributed by atoms with Crippen LogP contribution in [0.1, 0.15) is 11.3 Å². The summed E-state index contributed by atoms with van der Waals surface area (Å²) in [6.07, 6.45) is 1.82. The van der Waals surface area contributed by atoms with E-state index < -0.39 is 0 Å². The van der Waals surface area contributed by atoms with Crippen molar-refractivity contribution in [2.75, 3.05) is 0 Å². The number of rotatable bonds is 0. The summed E-state index contributed by atoms with van der Waals surface area (Å²) in [5, 5.41) is 10.3. The molecule has 86 valence electrons. The van der Waals surface area contributed by atoms with E-state index in [2.05, 4.69) is 33.4 Å². The first-order valence-corrected chi connectivity index (χ1v) is 5.40. The Morgan fingerprint density at radius 2 is 1.59 bits per heavy atom. The minimum absolute atomic E-state index is 0.914. The Bertz CT molecular complexity index is 553. The van der Waals surface area contributed by atoms with Gasteiger partial charge in [-0.3, -0.25) is 4.98 Å². The molecule has 0 amide bonds. The number of aromatic amines is 1. The van der Waals surface area contributed by atoms with Gasteiger partial charge in [0.15, 0.2) is 0 Å². The molecule has 0 unspecified atom stereocenters. The van der Waals surface area contributed by atoms with E-state index in [1.807, 2.05) is 43.5 Å². The molecule has 0 aliphatic heterocycles. The number of fused-ring (bicyclic) bond motifs is 1. The number of benzene rings is 1. The van der Waals surface area contributed by atoms with Gasteiger partial charge in [0.1, 0.15) is 11.0 Å². The second-order valence-electron chi connectivity index (χ2n) is 3.79. The highest BCUT2D eigenvalue weighted by Gasteiger charge is 1.90. The highest BCUT2D eigenvalue weighted by molar-refractivity contribution is 5.72. The number of aromatic nitrogens is 4. The van der Waals surface area contributed by atoms with Crippen molar-refractivity contribution in [3.05, 3.63) is 53.9 Å². The molecular formula is C13H14N4. The Morgan fingerprint density at radius 1 is 0.941 bits per heavy atom. The second kappa shape index (κ2) is 5.21. The molecule has 4 nitrogen and oxygen atoms in total. The van der Waals surface area contributed by atoms with E-state index in [0.717, 1.165) is 16.7 Å². The monoisotopic (exact) mass is 226 g/mol. The molecule has 17 heavy (non-hydrogen) atoms. The van der Waals surface area contributed by atoms with Crippen molar-refractivity contribution in [3.8, 4) is 0 Å². The molecule has 0 bridgehead atoms. The van der Waals surface area contributed by atoms with Crippen LogP contribution in [0.15, 0.2) is 42.6 Å². The third kappa shape index (κ3) is 3.11. The molecular weight excluding hydrogens is 212 g/mol. The van der Waals surface area contributed by atoms with E-state index in [1.165, 1.54) is 5.56 Å². The number of H-pyrrole nitrogens is 1. The first-order valence-electron chi connectivity index (χ1n) is 5.40. The molecule has 4 heteroatoms. The predicted octanol–water partition coefficient (Wildman–Crippen LogP) is 2.66. The van der Waals surface area contributed by atoms with E-state index in [9.17, 15) is 0 Å². The van der Waals surface area contributed by atoms with Gasteiger partial charge in [0.2, 0.25) is 0 Å². The lowest BCUT2D eigenvalue weighted by Gasteiger charge is -1.90. The molecule has 1 aromatic carbocycles. The minimum atomic E-state index is 0.914. The summed E-state index contributed by atoms with van der Waals surface area (Å²) in [6, 6.07) is 11.8. The molecule has 2 aromatic heterocycles. The van der Waals surface area contributed by atoms with E-state index in [1.54, 1.807) is 0 Å². The van der Waals surface area contributed by atoms with Crippen molar-refractivity contribution in [1.29, 1.82) is 0 Å². The summed E-state index contributed by atoms with van der Waals surface area (Å²) >= 11 is 0. The summed E-state index contributed by atoms with van der Waals surface area (Å²) in [7, 11) is 0. The average molecular weight is 226 g/mol. The molecule has 0 atom stereocenters. The van der Waals surface area contributed by atoms with Crippen LogP contribution >= 0.6 is 0 Å². The molecule has 0 radical (unpaired) electrons. The van der Waals surface area contributed by atoms with Gasteiger partial charge in [0.05, 0.1) is 0 Å². The lowest BCUT2D eigenvalue weighted by Crippen LogP contribution is -1.78. The fraction of sp³-hybridized carbons (Fsp3) is 0.154. The summed E-state index contributed by atoms with van der Waals surface area (Å²) in [5.41, 5.74) is 4.19. The largest absolute Gasteiger partial charge is 0.262 e. The van der Waals surface area contributed by atoms with Crippen molar-refractivity contribution in [2.45, 2.75) is 13.8 Å². The predicted molar refractivity (Wildman–Crippen MR) is 67.6 cm³/mol. The van der Waals surface area contributed by atoms with Gasteiger partial charge in [-0.2, -0.15) is 15.4 Å². The van der Waals surface area contributed by atoms with Gasteiger partial charge in [-0.05, 0) is 43.7 Å². The fourth-order valence-corrected chi connectivity index (χ4v) is 1.47. The number of nitrogens with zero attached hydrogens (tertiary/aromatic N) is 3. The summed E-state index contributed by atoms with van der Waals surface area (Å²) in [6.45, 7) is 4.06. The van der Waals surface area contributed by atoms with Crippen LogP contribution in [0, 0.1) is 13.8 Å². The van der Waals surface area contributed by atoms with Gasteiger partial charge < -0.3 is 0 Å².